The van der Waals surface area contributed by atoms with Crippen LogP contribution in [0.1, 0.15) is 24.3 Å². The number of carbonyl (C=O) groups excluding carboxylic acids is 1. The van der Waals surface area contributed by atoms with Crippen LogP contribution in [0.3, 0.4) is 0 Å². The minimum atomic E-state index is -0.995. The number of rotatable bonds is 3. The van der Waals surface area contributed by atoms with Crippen LogP contribution in [0, 0.1) is 0 Å². The van der Waals surface area contributed by atoms with Crippen molar-refractivity contribution in [3.8, 4) is 0 Å². The summed E-state index contributed by atoms with van der Waals surface area (Å²) in [6.45, 7) is 1.56. The highest BCUT2D eigenvalue weighted by Gasteiger charge is 2.24. The van der Waals surface area contributed by atoms with Gasteiger partial charge in [-0.25, -0.2) is 4.79 Å². The number of amides is 2. The van der Waals surface area contributed by atoms with Crippen molar-refractivity contribution in [2.24, 2.45) is 0 Å². The molecule has 1 aromatic carbocycles. The first kappa shape index (κ1) is 16.2. The van der Waals surface area contributed by atoms with Gasteiger partial charge >= 0.3 is 6.03 Å². The predicted octanol–water partition coefficient (Wildman–Crippen LogP) is 3.90. The summed E-state index contributed by atoms with van der Waals surface area (Å²) >= 11 is 1.73. The smallest absolute Gasteiger partial charge is 0.321 e. The van der Waals surface area contributed by atoms with Gasteiger partial charge in [-0.2, -0.15) is 11.3 Å². The van der Waals surface area contributed by atoms with Gasteiger partial charge < -0.3 is 10.2 Å². The van der Waals surface area contributed by atoms with Gasteiger partial charge in [-0.1, -0.05) is 0 Å². The fourth-order valence-corrected chi connectivity index (χ4v) is 4.12. The van der Waals surface area contributed by atoms with Gasteiger partial charge in [0.1, 0.15) is 0 Å². The molecule has 3 rings (SSSR count). The number of urea groups is 1. The molecule has 1 N–H and O–H groups in total. The quantitative estimate of drug-likeness (QED) is 0.914. The molecule has 0 aliphatic carbocycles. The van der Waals surface area contributed by atoms with Crippen LogP contribution in [0.4, 0.5) is 10.5 Å². The first-order chi connectivity index (χ1) is 11.1. The van der Waals surface area contributed by atoms with Crippen LogP contribution in [-0.2, 0) is 10.8 Å². The van der Waals surface area contributed by atoms with Crippen molar-refractivity contribution in [1.82, 2.24) is 4.90 Å². The number of piperidine rings is 1. The third-order valence-electron chi connectivity index (χ3n) is 4.23. The maximum atomic E-state index is 12.3. The third kappa shape index (κ3) is 4.00. The first-order valence-electron chi connectivity index (χ1n) is 7.65. The highest BCUT2D eigenvalue weighted by atomic mass is 32.2. The van der Waals surface area contributed by atoms with E-state index in [2.05, 4.69) is 22.1 Å². The van der Waals surface area contributed by atoms with Gasteiger partial charge in [-0.15, -0.1) is 0 Å². The Bertz CT molecular complexity index is 675. The monoisotopic (exact) mass is 348 g/mol. The topological polar surface area (TPSA) is 49.4 Å². The Hall–Kier alpha value is -1.66. The van der Waals surface area contributed by atoms with Crippen LogP contribution < -0.4 is 5.32 Å². The van der Waals surface area contributed by atoms with Crippen molar-refractivity contribution in [2.75, 3.05) is 24.7 Å². The molecule has 1 aliphatic rings. The zero-order valence-electron chi connectivity index (χ0n) is 13.0. The fourth-order valence-electron chi connectivity index (χ4n) is 2.86. The summed E-state index contributed by atoms with van der Waals surface area (Å²) in [6.07, 6.45) is 3.67. The fraction of sp³-hybridized carbons (Fsp3) is 0.353. The molecule has 2 aromatic rings. The van der Waals surface area contributed by atoms with Crippen molar-refractivity contribution in [3.05, 3.63) is 46.7 Å². The lowest BCUT2D eigenvalue weighted by molar-refractivity contribution is 0.194. The van der Waals surface area contributed by atoms with E-state index >= 15 is 0 Å². The molecule has 6 heteroatoms. The van der Waals surface area contributed by atoms with E-state index in [9.17, 15) is 9.00 Å². The second-order valence-electron chi connectivity index (χ2n) is 5.73. The van der Waals surface area contributed by atoms with Crippen molar-refractivity contribution >= 4 is 33.9 Å². The minimum Gasteiger partial charge on any atom is -0.324 e. The van der Waals surface area contributed by atoms with Gasteiger partial charge in [0, 0.05) is 40.7 Å². The summed E-state index contributed by atoms with van der Waals surface area (Å²) in [6, 6.07) is 9.30. The molecule has 1 atom stereocenters. The zero-order valence-corrected chi connectivity index (χ0v) is 14.7. The first-order valence-corrected chi connectivity index (χ1v) is 10.1. The van der Waals surface area contributed by atoms with E-state index in [0.717, 1.165) is 36.5 Å². The molecule has 2 amide bonds. The summed E-state index contributed by atoms with van der Waals surface area (Å²) in [7, 11) is -0.995. The lowest BCUT2D eigenvalue weighted by atomic mass is 9.91. The lowest BCUT2D eigenvalue weighted by Crippen LogP contribution is -2.40. The number of benzene rings is 1. The van der Waals surface area contributed by atoms with E-state index in [1.54, 1.807) is 41.9 Å². The highest BCUT2D eigenvalue weighted by Crippen LogP contribution is 2.29. The summed E-state index contributed by atoms with van der Waals surface area (Å²) in [5.41, 5.74) is 2.14. The molecule has 0 spiro atoms. The third-order valence-corrected chi connectivity index (χ3v) is 5.87. The van der Waals surface area contributed by atoms with Crippen LogP contribution in [0.15, 0.2) is 46.0 Å². The molecule has 0 bridgehead atoms. The van der Waals surface area contributed by atoms with Crippen molar-refractivity contribution < 1.29 is 9.00 Å². The standard InChI is InChI=1S/C17H20N2O2S2/c1-23(21)16-4-2-15(3-5-16)18-17(20)19-9-6-13(7-10-19)14-8-11-22-12-14/h2-5,8,11-13H,6-7,9-10H2,1H3,(H,18,20). The van der Waals surface area contributed by atoms with Crippen LogP contribution in [0.25, 0.3) is 0 Å². The molecule has 1 aliphatic heterocycles. The van der Waals surface area contributed by atoms with Crippen LogP contribution in [0.5, 0.6) is 0 Å². The molecule has 1 fully saturated rings. The number of hydrogen-bond donors (Lipinski definition) is 1. The summed E-state index contributed by atoms with van der Waals surface area (Å²) in [4.78, 5) is 15.0. The number of likely N-dealkylation sites (tertiary alicyclic amines) is 1. The average molecular weight is 348 g/mol. The zero-order chi connectivity index (χ0) is 16.2. The molecule has 1 unspecified atom stereocenters. The summed E-state index contributed by atoms with van der Waals surface area (Å²) in [5, 5.41) is 7.24. The molecule has 0 saturated carbocycles. The SMILES string of the molecule is CS(=O)c1ccc(NC(=O)N2CCC(c3ccsc3)CC2)cc1. The molecule has 122 valence electrons. The molecule has 1 saturated heterocycles. The minimum absolute atomic E-state index is 0.0564. The Morgan fingerprint density at radius 3 is 2.48 bits per heavy atom. The number of anilines is 1. The highest BCUT2D eigenvalue weighted by molar-refractivity contribution is 7.84. The van der Waals surface area contributed by atoms with E-state index < -0.39 is 10.8 Å². The van der Waals surface area contributed by atoms with Gasteiger partial charge in [0.2, 0.25) is 0 Å². The van der Waals surface area contributed by atoms with Crippen LogP contribution in [-0.4, -0.2) is 34.5 Å². The average Bonchev–Trinajstić information content (AvgIpc) is 3.10. The van der Waals surface area contributed by atoms with Gasteiger partial charge in [-0.05, 0) is 65.4 Å². The lowest BCUT2D eigenvalue weighted by Gasteiger charge is -2.31. The van der Waals surface area contributed by atoms with Crippen molar-refractivity contribution in [3.63, 3.8) is 0 Å². The Morgan fingerprint density at radius 2 is 1.91 bits per heavy atom. The van der Waals surface area contributed by atoms with E-state index in [1.807, 2.05) is 4.90 Å². The van der Waals surface area contributed by atoms with Gasteiger partial charge in [-0.3, -0.25) is 4.21 Å². The maximum Gasteiger partial charge on any atom is 0.321 e. The molecule has 23 heavy (non-hydrogen) atoms. The van der Waals surface area contributed by atoms with E-state index in [4.69, 9.17) is 0 Å². The van der Waals surface area contributed by atoms with Gasteiger partial charge in [0.05, 0.1) is 0 Å². The number of carbonyl (C=O) groups is 1. The predicted molar refractivity (Wildman–Crippen MR) is 95.7 cm³/mol. The normalized spacial score (nSPS) is 17.0. The van der Waals surface area contributed by atoms with E-state index in [1.165, 1.54) is 5.56 Å². The molecule has 0 radical (unpaired) electrons. The molecule has 1 aromatic heterocycles. The second-order valence-corrected chi connectivity index (χ2v) is 7.89. The Labute approximate surface area is 143 Å². The largest absolute Gasteiger partial charge is 0.324 e. The molecular formula is C17H20N2O2S2. The number of hydrogen-bond acceptors (Lipinski definition) is 3. The maximum absolute atomic E-state index is 12.3. The molecule has 4 nitrogen and oxygen atoms in total. The summed E-state index contributed by atoms with van der Waals surface area (Å²) in [5.74, 6) is 0.573. The second kappa shape index (κ2) is 7.27. The Balaban J connectivity index is 1.54. The number of thiophene rings is 1. The number of nitrogens with one attached hydrogen (secondary N) is 1. The van der Waals surface area contributed by atoms with Gasteiger partial charge in [0.15, 0.2) is 0 Å². The number of nitrogens with zero attached hydrogens (tertiary/aromatic N) is 1. The van der Waals surface area contributed by atoms with E-state index in [0.29, 0.717) is 5.92 Å². The van der Waals surface area contributed by atoms with Crippen LogP contribution in [0.2, 0.25) is 0 Å². The van der Waals surface area contributed by atoms with Crippen LogP contribution >= 0.6 is 11.3 Å². The Morgan fingerprint density at radius 1 is 1.22 bits per heavy atom. The molecule has 2 heterocycles. The van der Waals surface area contributed by atoms with E-state index in [-0.39, 0.29) is 6.03 Å². The van der Waals surface area contributed by atoms with Crippen molar-refractivity contribution in [1.29, 1.82) is 0 Å². The van der Waals surface area contributed by atoms with Gasteiger partial charge in [0.25, 0.3) is 0 Å². The Kier molecular flexibility index (Phi) is 5.13. The summed E-state index contributed by atoms with van der Waals surface area (Å²) < 4.78 is 11.4. The van der Waals surface area contributed by atoms with Crippen molar-refractivity contribution in [2.45, 2.75) is 23.7 Å². The molecular weight excluding hydrogens is 328 g/mol.